The van der Waals surface area contributed by atoms with Gasteiger partial charge in [0.15, 0.2) is 0 Å². The summed E-state index contributed by atoms with van der Waals surface area (Å²) in [5.41, 5.74) is 7.08. The minimum atomic E-state index is -0.500. The van der Waals surface area contributed by atoms with E-state index in [1.807, 2.05) is 31.2 Å². The van der Waals surface area contributed by atoms with Crippen molar-refractivity contribution in [3.8, 4) is 0 Å². The number of aryl methyl sites for hydroxylation is 1. The van der Waals surface area contributed by atoms with Crippen LogP contribution in [0.25, 0.3) is 0 Å². The molecule has 0 saturated heterocycles. The molecule has 1 rings (SSSR count). The van der Waals surface area contributed by atoms with Gasteiger partial charge in [-0.2, -0.15) is 0 Å². The van der Waals surface area contributed by atoms with Crippen molar-refractivity contribution in [2.24, 2.45) is 5.73 Å². The van der Waals surface area contributed by atoms with E-state index in [1.165, 1.54) is 4.90 Å². The number of nitrogens with two attached hydrogens (primary N) is 1. The zero-order valence-electron chi connectivity index (χ0n) is 9.56. The molecule has 0 atom stereocenters. The summed E-state index contributed by atoms with van der Waals surface area (Å²) < 4.78 is 0. The third kappa shape index (κ3) is 3.73. The van der Waals surface area contributed by atoms with Gasteiger partial charge >= 0.3 is 0 Å². The Hall–Kier alpha value is -1.84. The molecule has 0 aliphatic carbocycles. The number of benzene rings is 1. The van der Waals surface area contributed by atoms with E-state index in [-0.39, 0.29) is 12.5 Å². The summed E-state index contributed by atoms with van der Waals surface area (Å²) in [7, 11) is 1.57. The Balaban J connectivity index is 2.60. The number of carbonyl (C=O) groups excluding carboxylic acids is 2. The molecule has 1 aromatic carbocycles. The van der Waals surface area contributed by atoms with E-state index >= 15 is 0 Å². The Kier molecular flexibility index (Phi) is 4.05. The summed E-state index contributed by atoms with van der Waals surface area (Å²) in [6.07, 6.45) is 0.297. The van der Waals surface area contributed by atoms with Crippen molar-refractivity contribution in [2.75, 3.05) is 13.6 Å². The summed E-state index contributed by atoms with van der Waals surface area (Å²) in [5.74, 6) is -0.607. The van der Waals surface area contributed by atoms with Crippen molar-refractivity contribution in [1.29, 1.82) is 0 Å². The van der Waals surface area contributed by atoms with Gasteiger partial charge in [0.2, 0.25) is 11.8 Å². The normalized spacial score (nSPS) is 9.88. The summed E-state index contributed by atoms with van der Waals surface area (Å²) in [5, 5.41) is 0. The monoisotopic (exact) mass is 220 g/mol. The Morgan fingerprint density at radius 1 is 1.38 bits per heavy atom. The molecule has 0 unspecified atom stereocenters. The Labute approximate surface area is 95.0 Å². The average Bonchev–Trinajstić information content (AvgIpc) is 2.16. The number of amides is 2. The van der Waals surface area contributed by atoms with E-state index in [4.69, 9.17) is 5.73 Å². The van der Waals surface area contributed by atoms with Gasteiger partial charge in [-0.05, 0) is 12.5 Å². The van der Waals surface area contributed by atoms with Gasteiger partial charge in [0.1, 0.15) is 0 Å². The molecule has 0 aromatic heterocycles. The number of primary amides is 1. The first-order valence-electron chi connectivity index (χ1n) is 5.07. The SMILES string of the molecule is Cc1cccc(CC(=O)N(C)CC(N)=O)c1. The topological polar surface area (TPSA) is 63.4 Å². The molecule has 86 valence electrons. The lowest BCUT2D eigenvalue weighted by molar-refractivity contribution is -0.133. The van der Waals surface area contributed by atoms with Gasteiger partial charge in [0.25, 0.3) is 0 Å². The van der Waals surface area contributed by atoms with Gasteiger partial charge < -0.3 is 10.6 Å². The van der Waals surface area contributed by atoms with Gasteiger partial charge in [0, 0.05) is 7.05 Å². The molecule has 0 saturated carbocycles. The van der Waals surface area contributed by atoms with Gasteiger partial charge in [0.05, 0.1) is 13.0 Å². The van der Waals surface area contributed by atoms with Crippen molar-refractivity contribution < 1.29 is 9.59 Å². The molecule has 1 aromatic rings. The van der Waals surface area contributed by atoms with Gasteiger partial charge in [-0.15, -0.1) is 0 Å². The second-order valence-corrected chi connectivity index (χ2v) is 3.88. The van der Waals surface area contributed by atoms with E-state index in [9.17, 15) is 9.59 Å². The van der Waals surface area contributed by atoms with Crippen LogP contribution in [0.1, 0.15) is 11.1 Å². The van der Waals surface area contributed by atoms with E-state index in [0.29, 0.717) is 6.42 Å². The number of hydrogen-bond acceptors (Lipinski definition) is 2. The summed E-state index contributed by atoms with van der Waals surface area (Å²) in [6, 6.07) is 7.73. The molecule has 2 amide bonds. The molecule has 2 N–H and O–H groups in total. The van der Waals surface area contributed by atoms with Gasteiger partial charge in [-0.1, -0.05) is 29.8 Å². The van der Waals surface area contributed by atoms with Gasteiger partial charge in [-0.3, -0.25) is 9.59 Å². The van der Waals surface area contributed by atoms with Crippen LogP contribution in [-0.4, -0.2) is 30.3 Å². The first-order chi connectivity index (χ1) is 7.49. The van der Waals surface area contributed by atoms with Crippen LogP contribution < -0.4 is 5.73 Å². The van der Waals surface area contributed by atoms with Crippen molar-refractivity contribution >= 4 is 11.8 Å². The summed E-state index contributed by atoms with van der Waals surface area (Å²) in [4.78, 5) is 23.7. The Morgan fingerprint density at radius 2 is 2.06 bits per heavy atom. The number of likely N-dealkylation sites (N-methyl/N-ethyl adjacent to an activating group) is 1. The van der Waals surface area contributed by atoms with Crippen LogP contribution in [0.3, 0.4) is 0 Å². The fraction of sp³-hybridized carbons (Fsp3) is 0.333. The van der Waals surface area contributed by atoms with Crippen LogP contribution in [0.4, 0.5) is 0 Å². The van der Waals surface area contributed by atoms with Crippen molar-refractivity contribution in [1.82, 2.24) is 4.90 Å². The second kappa shape index (κ2) is 5.30. The quantitative estimate of drug-likeness (QED) is 0.802. The van der Waals surface area contributed by atoms with Crippen molar-refractivity contribution in [3.63, 3.8) is 0 Å². The molecular formula is C12H16N2O2. The predicted octanol–water partition coefficient (Wildman–Crippen LogP) is 0.481. The zero-order valence-corrected chi connectivity index (χ0v) is 9.56. The van der Waals surface area contributed by atoms with Crippen LogP contribution in [0.15, 0.2) is 24.3 Å². The molecular weight excluding hydrogens is 204 g/mol. The maximum Gasteiger partial charge on any atom is 0.237 e. The molecule has 16 heavy (non-hydrogen) atoms. The Bertz CT molecular complexity index is 402. The van der Waals surface area contributed by atoms with E-state index in [1.54, 1.807) is 7.05 Å². The lowest BCUT2D eigenvalue weighted by Gasteiger charge is -2.15. The summed E-state index contributed by atoms with van der Waals surface area (Å²) >= 11 is 0. The third-order valence-corrected chi connectivity index (χ3v) is 2.26. The number of hydrogen-bond donors (Lipinski definition) is 1. The molecule has 0 aliphatic rings. The highest BCUT2D eigenvalue weighted by molar-refractivity contribution is 5.84. The fourth-order valence-corrected chi connectivity index (χ4v) is 1.45. The molecule has 0 heterocycles. The number of rotatable bonds is 4. The Morgan fingerprint density at radius 3 is 2.62 bits per heavy atom. The largest absolute Gasteiger partial charge is 0.368 e. The first-order valence-corrected chi connectivity index (χ1v) is 5.07. The number of nitrogens with zero attached hydrogens (tertiary/aromatic N) is 1. The van der Waals surface area contributed by atoms with Crippen LogP contribution in [-0.2, 0) is 16.0 Å². The minimum Gasteiger partial charge on any atom is -0.368 e. The van der Waals surface area contributed by atoms with Crippen LogP contribution in [0.5, 0.6) is 0 Å². The first kappa shape index (κ1) is 12.2. The lowest BCUT2D eigenvalue weighted by atomic mass is 10.1. The minimum absolute atomic E-state index is 0.0371. The fourth-order valence-electron chi connectivity index (χ4n) is 1.45. The average molecular weight is 220 g/mol. The predicted molar refractivity (Wildman–Crippen MR) is 61.7 cm³/mol. The van der Waals surface area contributed by atoms with Crippen molar-refractivity contribution in [3.05, 3.63) is 35.4 Å². The molecule has 0 aliphatic heterocycles. The highest BCUT2D eigenvalue weighted by Gasteiger charge is 2.11. The molecule has 0 spiro atoms. The van der Waals surface area contributed by atoms with Gasteiger partial charge in [-0.25, -0.2) is 0 Å². The van der Waals surface area contributed by atoms with Crippen molar-refractivity contribution in [2.45, 2.75) is 13.3 Å². The second-order valence-electron chi connectivity index (χ2n) is 3.88. The van der Waals surface area contributed by atoms with E-state index in [2.05, 4.69) is 0 Å². The maximum absolute atomic E-state index is 11.7. The molecule has 0 fully saturated rings. The van der Waals surface area contributed by atoms with E-state index < -0.39 is 5.91 Å². The third-order valence-electron chi connectivity index (χ3n) is 2.26. The smallest absolute Gasteiger partial charge is 0.237 e. The number of carbonyl (C=O) groups is 2. The highest BCUT2D eigenvalue weighted by atomic mass is 16.2. The van der Waals surface area contributed by atoms with Crippen LogP contribution >= 0.6 is 0 Å². The standard InChI is InChI=1S/C12H16N2O2/c1-9-4-3-5-10(6-9)7-12(16)14(2)8-11(13)15/h3-6H,7-8H2,1-2H3,(H2,13,15). The lowest BCUT2D eigenvalue weighted by Crippen LogP contribution is -2.36. The molecule has 4 nitrogen and oxygen atoms in total. The molecule has 0 bridgehead atoms. The molecule has 4 heteroatoms. The van der Waals surface area contributed by atoms with Crippen LogP contribution in [0.2, 0.25) is 0 Å². The zero-order chi connectivity index (χ0) is 12.1. The highest BCUT2D eigenvalue weighted by Crippen LogP contribution is 2.05. The van der Waals surface area contributed by atoms with Crippen LogP contribution in [0, 0.1) is 6.92 Å². The molecule has 0 radical (unpaired) electrons. The van der Waals surface area contributed by atoms with E-state index in [0.717, 1.165) is 11.1 Å². The maximum atomic E-state index is 11.7. The summed E-state index contributed by atoms with van der Waals surface area (Å²) in [6.45, 7) is 1.94.